The molecule has 20 heavy (non-hydrogen) atoms. The average molecular weight is 270 g/mol. The molecule has 2 rings (SSSR count). The van der Waals surface area contributed by atoms with Crippen LogP contribution in [0.5, 0.6) is 11.6 Å². The topological polar surface area (TPSA) is 84.9 Å². The van der Waals surface area contributed by atoms with E-state index in [0.29, 0.717) is 11.3 Å². The maximum atomic E-state index is 7.69. The van der Waals surface area contributed by atoms with Gasteiger partial charge in [-0.25, -0.2) is 0 Å². The van der Waals surface area contributed by atoms with E-state index in [0.717, 1.165) is 22.4 Å². The molecule has 0 aliphatic heterocycles. The van der Waals surface area contributed by atoms with Crippen LogP contribution in [-0.2, 0) is 0 Å². The van der Waals surface area contributed by atoms with Crippen molar-refractivity contribution in [3.63, 3.8) is 0 Å². The van der Waals surface area contributed by atoms with E-state index in [1.165, 1.54) is 0 Å². The monoisotopic (exact) mass is 270 g/mol. The van der Waals surface area contributed by atoms with Gasteiger partial charge in [-0.05, 0) is 56.5 Å². The Morgan fingerprint density at radius 3 is 2.20 bits per heavy atom. The van der Waals surface area contributed by atoms with Crippen LogP contribution in [0.4, 0.5) is 0 Å². The standard InChI is InChI=1S/C15H18N4O/c1-8-5-9(2)7-12(6-8)20-15-13(14(16)17)10(3)11(4)18-19-15/h5-7H,1-4H3,(H3,16,17). The van der Waals surface area contributed by atoms with Crippen LogP contribution in [0.3, 0.4) is 0 Å². The summed E-state index contributed by atoms with van der Waals surface area (Å²) in [5.41, 5.74) is 9.88. The van der Waals surface area contributed by atoms with Gasteiger partial charge in [0.05, 0.1) is 11.3 Å². The molecule has 1 aromatic heterocycles. The van der Waals surface area contributed by atoms with Gasteiger partial charge in [0, 0.05) is 0 Å². The molecule has 0 saturated carbocycles. The van der Waals surface area contributed by atoms with Crippen molar-refractivity contribution >= 4 is 5.84 Å². The zero-order valence-corrected chi connectivity index (χ0v) is 12.1. The van der Waals surface area contributed by atoms with Gasteiger partial charge in [0.15, 0.2) is 0 Å². The van der Waals surface area contributed by atoms with Gasteiger partial charge in [0.25, 0.3) is 0 Å². The lowest BCUT2D eigenvalue weighted by molar-refractivity contribution is 0.451. The van der Waals surface area contributed by atoms with E-state index in [9.17, 15) is 0 Å². The lowest BCUT2D eigenvalue weighted by Gasteiger charge is -2.12. The van der Waals surface area contributed by atoms with Gasteiger partial charge in [-0.3, -0.25) is 5.41 Å². The predicted octanol–water partition coefficient (Wildman–Crippen LogP) is 2.79. The molecule has 104 valence electrons. The van der Waals surface area contributed by atoms with Crippen molar-refractivity contribution in [2.24, 2.45) is 5.73 Å². The van der Waals surface area contributed by atoms with E-state index in [-0.39, 0.29) is 11.7 Å². The van der Waals surface area contributed by atoms with Gasteiger partial charge in [0.1, 0.15) is 11.6 Å². The van der Waals surface area contributed by atoms with E-state index in [1.807, 2.05) is 39.8 Å². The highest BCUT2D eigenvalue weighted by Gasteiger charge is 2.16. The molecular formula is C15H18N4O. The number of hydrogen-bond acceptors (Lipinski definition) is 4. The lowest BCUT2D eigenvalue weighted by Crippen LogP contribution is -2.16. The van der Waals surface area contributed by atoms with Crippen molar-refractivity contribution in [2.45, 2.75) is 27.7 Å². The minimum Gasteiger partial charge on any atom is -0.437 e. The molecule has 0 radical (unpaired) electrons. The fourth-order valence-electron chi connectivity index (χ4n) is 2.08. The van der Waals surface area contributed by atoms with Crippen molar-refractivity contribution < 1.29 is 4.74 Å². The van der Waals surface area contributed by atoms with E-state index in [4.69, 9.17) is 15.9 Å². The van der Waals surface area contributed by atoms with E-state index in [1.54, 1.807) is 0 Å². The number of nitrogens with two attached hydrogens (primary N) is 1. The SMILES string of the molecule is Cc1cc(C)cc(Oc2nnc(C)c(C)c2C(=N)N)c1. The lowest BCUT2D eigenvalue weighted by atomic mass is 10.1. The molecule has 0 aliphatic rings. The van der Waals surface area contributed by atoms with Crippen LogP contribution in [0.25, 0.3) is 0 Å². The second kappa shape index (κ2) is 5.28. The first-order valence-corrected chi connectivity index (χ1v) is 6.33. The summed E-state index contributed by atoms with van der Waals surface area (Å²) < 4.78 is 5.77. The third-order valence-electron chi connectivity index (χ3n) is 3.10. The first-order valence-electron chi connectivity index (χ1n) is 6.33. The second-order valence-electron chi connectivity index (χ2n) is 4.93. The molecule has 0 atom stereocenters. The summed E-state index contributed by atoms with van der Waals surface area (Å²) in [6, 6.07) is 5.88. The van der Waals surface area contributed by atoms with Crippen LogP contribution < -0.4 is 10.5 Å². The van der Waals surface area contributed by atoms with Crippen molar-refractivity contribution in [1.29, 1.82) is 5.41 Å². The third kappa shape index (κ3) is 2.77. The third-order valence-corrected chi connectivity index (χ3v) is 3.10. The second-order valence-corrected chi connectivity index (χ2v) is 4.93. The van der Waals surface area contributed by atoms with Crippen LogP contribution >= 0.6 is 0 Å². The number of nitrogens with one attached hydrogen (secondary N) is 1. The minimum absolute atomic E-state index is 0.0696. The Morgan fingerprint density at radius 1 is 1.05 bits per heavy atom. The first kappa shape index (κ1) is 14.0. The molecule has 1 heterocycles. The molecule has 0 bridgehead atoms. The smallest absolute Gasteiger partial charge is 0.250 e. The molecule has 0 fully saturated rings. The zero-order chi connectivity index (χ0) is 14.9. The number of aromatic nitrogens is 2. The van der Waals surface area contributed by atoms with Crippen molar-refractivity contribution in [1.82, 2.24) is 10.2 Å². The van der Waals surface area contributed by atoms with Gasteiger partial charge in [-0.1, -0.05) is 6.07 Å². The van der Waals surface area contributed by atoms with Gasteiger partial charge < -0.3 is 10.5 Å². The number of rotatable bonds is 3. The van der Waals surface area contributed by atoms with Crippen LogP contribution in [0, 0.1) is 33.1 Å². The molecule has 0 amide bonds. The molecule has 0 spiro atoms. The molecule has 2 aromatic rings. The Bertz CT molecular complexity index is 660. The van der Waals surface area contributed by atoms with Crippen LogP contribution in [0.1, 0.15) is 27.9 Å². The summed E-state index contributed by atoms with van der Waals surface area (Å²) >= 11 is 0. The first-order chi connectivity index (χ1) is 9.38. The molecule has 3 N–H and O–H groups in total. The molecule has 0 saturated heterocycles. The number of amidine groups is 1. The molecule has 0 unspecified atom stereocenters. The maximum Gasteiger partial charge on any atom is 0.250 e. The van der Waals surface area contributed by atoms with Crippen LogP contribution in [0.15, 0.2) is 18.2 Å². The van der Waals surface area contributed by atoms with Crippen molar-refractivity contribution in [3.05, 3.63) is 46.1 Å². The fraction of sp³-hybridized carbons (Fsp3) is 0.267. The Hall–Kier alpha value is -2.43. The molecular weight excluding hydrogens is 252 g/mol. The largest absolute Gasteiger partial charge is 0.437 e. The Labute approximate surface area is 118 Å². The summed E-state index contributed by atoms with van der Waals surface area (Å²) in [5.74, 6) is 0.869. The number of nitrogens with zero attached hydrogens (tertiary/aromatic N) is 2. The van der Waals surface area contributed by atoms with Gasteiger partial charge in [-0.2, -0.15) is 5.10 Å². The van der Waals surface area contributed by atoms with Crippen LogP contribution in [0.2, 0.25) is 0 Å². The van der Waals surface area contributed by atoms with E-state index >= 15 is 0 Å². The number of nitrogen functional groups attached to an aromatic ring is 1. The average Bonchev–Trinajstić information content (AvgIpc) is 2.32. The highest BCUT2D eigenvalue weighted by molar-refractivity contribution is 5.98. The quantitative estimate of drug-likeness (QED) is 0.663. The molecule has 5 heteroatoms. The summed E-state index contributed by atoms with van der Waals surface area (Å²) in [5, 5.41) is 15.8. The fourth-order valence-corrected chi connectivity index (χ4v) is 2.08. The number of aryl methyl sites for hydroxylation is 3. The number of hydrogen-bond donors (Lipinski definition) is 2. The maximum absolute atomic E-state index is 7.69. The Morgan fingerprint density at radius 2 is 1.65 bits per heavy atom. The summed E-state index contributed by atoms with van der Waals surface area (Å²) in [6.45, 7) is 7.68. The normalized spacial score (nSPS) is 10.4. The van der Waals surface area contributed by atoms with Crippen molar-refractivity contribution in [3.8, 4) is 11.6 Å². The molecule has 1 aromatic carbocycles. The zero-order valence-electron chi connectivity index (χ0n) is 12.1. The van der Waals surface area contributed by atoms with Crippen LogP contribution in [-0.4, -0.2) is 16.0 Å². The predicted molar refractivity (Wildman–Crippen MR) is 78.5 cm³/mol. The Kier molecular flexibility index (Phi) is 3.70. The van der Waals surface area contributed by atoms with Gasteiger partial charge >= 0.3 is 0 Å². The highest BCUT2D eigenvalue weighted by atomic mass is 16.5. The minimum atomic E-state index is -0.0696. The Balaban J connectivity index is 2.48. The van der Waals surface area contributed by atoms with Crippen molar-refractivity contribution in [2.75, 3.05) is 0 Å². The van der Waals surface area contributed by atoms with E-state index < -0.39 is 0 Å². The summed E-state index contributed by atoms with van der Waals surface area (Å²) in [6.07, 6.45) is 0. The summed E-state index contributed by atoms with van der Waals surface area (Å²) in [4.78, 5) is 0. The number of benzene rings is 1. The summed E-state index contributed by atoms with van der Waals surface area (Å²) in [7, 11) is 0. The van der Waals surface area contributed by atoms with Gasteiger partial charge in [-0.15, -0.1) is 5.10 Å². The number of ether oxygens (including phenoxy) is 1. The molecule has 5 nitrogen and oxygen atoms in total. The van der Waals surface area contributed by atoms with E-state index in [2.05, 4.69) is 16.3 Å². The highest BCUT2D eigenvalue weighted by Crippen LogP contribution is 2.27. The molecule has 0 aliphatic carbocycles. The van der Waals surface area contributed by atoms with Gasteiger partial charge in [0.2, 0.25) is 5.88 Å².